The van der Waals surface area contributed by atoms with Gasteiger partial charge in [-0.25, -0.2) is 0 Å². The van der Waals surface area contributed by atoms with Crippen molar-refractivity contribution in [3.8, 4) is 0 Å². The first kappa shape index (κ1) is 76.9. The van der Waals surface area contributed by atoms with Gasteiger partial charge in [0, 0.05) is 19.3 Å². The van der Waals surface area contributed by atoms with E-state index in [4.69, 9.17) is 14.2 Å². The zero-order valence-electron chi connectivity index (χ0n) is 53.3. The fourth-order valence-corrected chi connectivity index (χ4v) is 10.3. The van der Waals surface area contributed by atoms with Gasteiger partial charge in [0.05, 0.1) is 0 Å². The van der Waals surface area contributed by atoms with Gasteiger partial charge in [-0.3, -0.25) is 14.4 Å². The highest BCUT2D eigenvalue weighted by Crippen LogP contribution is 2.18. The van der Waals surface area contributed by atoms with E-state index >= 15 is 0 Å². The van der Waals surface area contributed by atoms with Crippen molar-refractivity contribution in [2.24, 2.45) is 0 Å². The molecular formula is C74H132O6. The SMILES string of the molecule is CC/C=C\C/C=C\C/C=C\C/C=C\CCC(=O)OCC(COC(=O)CCCCCCCCCCCCCCCCCCCCC/C=C\C/C=C\CCCCCCC)OC(=O)CCCCCCCCCCCCCCCCCCCC. The van der Waals surface area contributed by atoms with Crippen LogP contribution < -0.4 is 0 Å². The average molecular weight is 1120 g/mol. The Morgan fingerprint density at radius 3 is 0.838 bits per heavy atom. The second kappa shape index (κ2) is 68.3. The predicted molar refractivity (Wildman–Crippen MR) is 348 cm³/mol. The molecule has 0 saturated heterocycles. The van der Waals surface area contributed by atoms with Crippen LogP contribution in [-0.2, 0) is 28.6 Å². The second-order valence-electron chi connectivity index (χ2n) is 23.4. The summed E-state index contributed by atoms with van der Waals surface area (Å²) in [6.07, 6.45) is 89.6. The third-order valence-corrected chi connectivity index (χ3v) is 15.5. The third-order valence-electron chi connectivity index (χ3n) is 15.5. The maximum Gasteiger partial charge on any atom is 0.306 e. The number of hydrogen-bond acceptors (Lipinski definition) is 6. The van der Waals surface area contributed by atoms with Crippen LogP contribution in [0.1, 0.15) is 361 Å². The predicted octanol–water partition coefficient (Wildman–Crippen LogP) is 24.1. The summed E-state index contributed by atoms with van der Waals surface area (Å²) in [5, 5.41) is 0. The van der Waals surface area contributed by atoms with E-state index in [1.807, 2.05) is 6.08 Å². The molecule has 0 saturated carbocycles. The first-order valence-electron chi connectivity index (χ1n) is 34.9. The fraction of sp³-hybridized carbons (Fsp3) is 0.797. The van der Waals surface area contributed by atoms with Crippen molar-refractivity contribution in [3.05, 3.63) is 72.9 Å². The number of carbonyl (C=O) groups is 3. The Balaban J connectivity index is 4.19. The van der Waals surface area contributed by atoms with Crippen LogP contribution in [0.3, 0.4) is 0 Å². The monoisotopic (exact) mass is 1120 g/mol. The van der Waals surface area contributed by atoms with Gasteiger partial charge in [-0.1, -0.05) is 338 Å². The van der Waals surface area contributed by atoms with E-state index in [-0.39, 0.29) is 37.5 Å². The first-order chi connectivity index (χ1) is 39.5. The number of esters is 3. The summed E-state index contributed by atoms with van der Waals surface area (Å²) < 4.78 is 16.9. The molecule has 0 fully saturated rings. The topological polar surface area (TPSA) is 78.9 Å². The number of hydrogen-bond donors (Lipinski definition) is 0. The van der Waals surface area contributed by atoms with Crippen molar-refractivity contribution < 1.29 is 28.6 Å². The van der Waals surface area contributed by atoms with Crippen molar-refractivity contribution in [3.63, 3.8) is 0 Å². The molecule has 0 aromatic carbocycles. The van der Waals surface area contributed by atoms with Gasteiger partial charge in [-0.15, -0.1) is 0 Å². The molecule has 0 aromatic heterocycles. The lowest BCUT2D eigenvalue weighted by Crippen LogP contribution is -2.30. The molecule has 0 aliphatic heterocycles. The van der Waals surface area contributed by atoms with Crippen LogP contribution in [-0.4, -0.2) is 37.2 Å². The van der Waals surface area contributed by atoms with Crippen LogP contribution in [0.2, 0.25) is 0 Å². The van der Waals surface area contributed by atoms with E-state index in [1.165, 1.54) is 244 Å². The third kappa shape index (κ3) is 65.7. The molecule has 6 heteroatoms. The molecule has 0 bridgehead atoms. The summed E-state index contributed by atoms with van der Waals surface area (Å²) in [4.78, 5) is 38.3. The lowest BCUT2D eigenvalue weighted by molar-refractivity contribution is -0.166. The van der Waals surface area contributed by atoms with Gasteiger partial charge in [-0.2, -0.15) is 0 Å². The zero-order chi connectivity index (χ0) is 57.8. The maximum absolute atomic E-state index is 12.9. The Hall–Kier alpha value is -3.15. The summed E-state index contributed by atoms with van der Waals surface area (Å²) in [6.45, 7) is 6.50. The van der Waals surface area contributed by atoms with Gasteiger partial charge in [0.25, 0.3) is 0 Å². The van der Waals surface area contributed by atoms with E-state index < -0.39 is 6.10 Å². The zero-order valence-corrected chi connectivity index (χ0v) is 53.3. The van der Waals surface area contributed by atoms with Gasteiger partial charge < -0.3 is 14.2 Å². The molecule has 0 radical (unpaired) electrons. The highest BCUT2D eigenvalue weighted by molar-refractivity contribution is 5.71. The summed E-state index contributed by atoms with van der Waals surface area (Å²) in [6, 6.07) is 0. The molecule has 0 spiro atoms. The van der Waals surface area contributed by atoms with Crippen LogP contribution in [0.4, 0.5) is 0 Å². The molecule has 0 aliphatic rings. The van der Waals surface area contributed by atoms with Crippen LogP contribution in [0.15, 0.2) is 72.9 Å². The van der Waals surface area contributed by atoms with E-state index in [2.05, 4.69) is 87.6 Å². The lowest BCUT2D eigenvalue weighted by Gasteiger charge is -2.18. The van der Waals surface area contributed by atoms with Crippen LogP contribution in [0, 0.1) is 0 Å². The van der Waals surface area contributed by atoms with Crippen molar-refractivity contribution in [2.45, 2.75) is 367 Å². The molecule has 6 nitrogen and oxygen atoms in total. The molecule has 0 aliphatic carbocycles. The molecule has 1 atom stereocenters. The minimum atomic E-state index is -0.802. The molecule has 464 valence electrons. The minimum absolute atomic E-state index is 0.0926. The van der Waals surface area contributed by atoms with Crippen molar-refractivity contribution in [1.29, 1.82) is 0 Å². The highest BCUT2D eigenvalue weighted by atomic mass is 16.6. The summed E-state index contributed by atoms with van der Waals surface area (Å²) in [7, 11) is 0. The van der Waals surface area contributed by atoms with Crippen LogP contribution in [0.25, 0.3) is 0 Å². The molecule has 0 heterocycles. The van der Waals surface area contributed by atoms with E-state index in [9.17, 15) is 14.4 Å². The Morgan fingerprint density at radius 1 is 0.263 bits per heavy atom. The van der Waals surface area contributed by atoms with Crippen LogP contribution in [0.5, 0.6) is 0 Å². The normalized spacial score (nSPS) is 12.5. The summed E-state index contributed by atoms with van der Waals surface area (Å²) >= 11 is 0. The molecular weight excluding hydrogens is 985 g/mol. The number of allylic oxidation sites excluding steroid dienone is 12. The van der Waals surface area contributed by atoms with Gasteiger partial charge in [0.1, 0.15) is 13.2 Å². The Bertz CT molecular complexity index is 1470. The van der Waals surface area contributed by atoms with Gasteiger partial charge in [0.2, 0.25) is 0 Å². The summed E-state index contributed by atoms with van der Waals surface area (Å²) in [5.74, 6) is -0.957. The molecule has 0 rings (SSSR count). The van der Waals surface area contributed by atoms with E-state index in [0.717, 1.165) is 70.6 Å². The minimum Gasteiger partial charge on any atom is -0.462 e. The Morgan fingerprint density at radius 2 is 0.512 bits per heavy atom. The van der Waals surface area contributed by atoms with Crippen LogP contribution >= 0.6 is 0 Å². The number of ether oxygens (including phenoxy) is 3. The standard InChI is InChI=1S/C74H132O6/c1-4-7-10-13-16-19-22-25-27-29-31-32-33-34-35-36-37-38-39-40-41-42-43-45-46-49-52-55-58-61-64-67-73(76)79-70-71(69-78-72(75)66-63-60-57-54-51-48-24-21-18-15-12-9-6-3)80-74(77)68-65-62-59-56-53-50-47-44-30-28-26-23-20-17-14-11-8-5-2/h9,12,18,21-22,25,29,31,48,51,57,60,71H,4-8,10-11,13-17,19-20,23-24,26-28,30,32-47,49-50,52-56,58-59,61-70H2,1-3H3/b12-9-,21-18-,25-22-,31-29-,51-48-,60-57-. The second-order valence-corrected chi connectivity index (χ2v) is 23.4. The highest BCUT2D eigenvalue weighted by Gasteiger charge is 2.19. The van der Waals surface area contributed by atoms with Crippen molar-refractivity contribution >= 4 is 17.9 Å². The summed E-state index contributed by atoms with van der Waals surface area (Å²) in [5.41, 5.74) is 0. The molecule has 0 N–H and O–H groups in total. The van der Waals surface area contributed by atoms with E-state index in [1.54, 1.807) is 0 Å². The smallest absolute Gasteiger partial charge is 0.306 e. The molecule has 0 amide bonds. The Kier molecular flexibility index (Phi) is 65.7. The average Bonchev–Trinajstić information content (AvgIpc) is 3.46. The molecule has 80 heavy (non-hydrogen) atoms. The molecule has 0 aromatic rings. The molecule has 1 unspecified atom stereocenters. The fourth-order valence-electron chi connectivity index (χ4n) is 10.3. The van der Waals surface area contributed by atoms with Crippen molar-refractivity contribution in [1.82, 2.24) is 0 Å². The van der Waals surface area contributed by atoms with Gasteiger partial charge >= 0.3 is 17.9 Å². The Labute approximate surface area is 497 Å². The van der Waals surface area contributed by atoms with Gasteiger partial charge in [0.15, 0.2) is 6.10 Å². The van der Waals surface area contributed by atoms with Crippen molar-refractivity contribution in [2.75, 3.05) is 13.2 Å². The number of unbranched alkanes of at least 4 members (excludes halogenated alkanes) is 41. The maximum atomic E-state index is 12.9. The quantitative estimate of drug-likeness (QED) is 0.0261. The number of rotatable bonds is 64. The number of carbonyl (C=O) groups excluding carboxylic acids is 3. The first-order valence-corrected chi connectivity index (χ1v) is 34.9. The van der Waals surface area contributed by atoms with Gasteiger partial charge in [-0.05, 0) is 77.0 Å². The largest absolute Gasteiger partial charge is 0.462 e. The van der Waals surface area contributed by atoms with E-state index in [0.29, 0.717) is 19.3 Å². The lowest BCUT2D eigenvalue weighted by atomic mass is 10.0.